The number of nitrogens with zero attached hydrogens (tertiary/aromatic N) is 3. The summed E-state index contributed by atoms with van der Waals surface area (Å²) in [5, 5.41) is 16.8. The number of nitriles is 2. The number of halogens is 1. The lowest BCUT2D eigenvalue weighted by atomic mass is 10.1. The van der Waals surface area contributed by atoms with E-state index in [0.29, 0.717) is 5.56 Å². The molecule has 0 amide bonds. The first-order valence-electron chi connectivity index (χ1n) is 3.87. The number of nitrogens with two attached hydrogens (primary N) is 1. The molecule has 0 aliphatic rings. The van der Waals surface area contributed by atoms with Gasteiger partial charge in [-0.2, -0.15) is 10.5 Å². The molecule has 1 aromatic heterocycles. The van der Waals surface area contributed by atoms with Crippen LogP contribution in [0, 0.1) is 28.5 Å². The molecule has 1 heterocycles. The molecular formula is C9H7FN4. The van der Waals surface area contributed by atoms with Gasteiger partial charge in [0.25, 0.3) is 0 Å². The second-order valence-corrected chi connectivity index (χ2v) is 2.68. The van der Waals surface area contributed by atoms with Crippen LogP contribution in [-0.2, 0) is 0 Å². The van der Waals surface area contributed by atoms with Crippen LogP contribution in [0.1, 0.15) is 23.7 Å². The van der Waals surface area contributed by atoms with Crippen LogP contribution >= 0.6 is 0 Å². The van der Waals surface area contributed by atoms with Crippen LogP contribution in [0.3, 0.4) is 0 Å². The smallest absolute Gasteiger partial charge is 0.176 e. The van der Waals surface area contributed by atoms with Crippen LogP contribution in [0.15, 0.2) is 12.3 Å². The minimum absolute atomic E-state index is 0.0903. The SMILES string of the molecule is N#CC[C@H](N)c1cnc(C#N)c(F)c1. The van der Waals surface area contributed by atoms with Crippen molar-refractivity contribution in [3.05, 3.63) is 29.3 Å². The molecule has 14 heavy (non-hydrogen) atoms. The molecule has 0 bridgehead atoms. The molecule has 0 radical (unpaired) electrons. The molecule has 0 aliphatic heterocycles. The van der Waals surface area contributed by atoms with E-state index in [9.17, 15) is 4.39 Å². The molecule has 0 spiro atoms. The molecular weight excluding hydrogens is 183 g/mol. The van der Waals surface area contributed by atoms with E-state index in [-0.39, 0.29) is 12.1 Å². The van der Waals surface area contributed by atoms with E-state index in [1.807, 2.05) is 6.07 Å². The average molecular weight is 190 g/mol. The molecule has 4 nitrogen and oxygen atoms in total. The van der Waals surface area contributed by atoms with Crippen molar-refractivity contribution < 1.29 is 4.39 Å². The fraction of sp³-hybridized carbons (Fsp3) is 0.222. The lowest BCUT2D eigenvalue weighted by Crippen LogP contribution is -2.10. The van der Waals surface area contributed by atoms with E-state index < -0.39 is 11.9 Å². The molecule has 1 aromatic rings. The van der Waals surface area contributed by atoms with Gasteiger partial charge < -0.3 is 5.73 Å². The molecule has 2 N–H and O–H groups in total. The highest BCUT2D eigenvalue weighted by Crippen LogP contribution is 2.14. The Bertz CT molecular complexity index is 416. The Hall–Kier alpha value is -1.98. The van der Waals surface area contributed by atoms with Gasteiger partial charge in [-0.15, -0.1) is 0 Å². The molecule has 0 aromatic carbocycles. The van der Waals surface area contributed by atoms with E-state index in [0.717, 1.165) is 6.07 Å². The summed E-state index contributed by atoms with van der Waals surface area (Å²) in [7, 11) is 0. The number of aromatic nitrogens is 1. The topological polar surface area (TPSA) is 86.5 Å². The van der Waals surface area contributed by atoms with E-state index in [1.165, 1.54) is 6.20 Å². The van der Waals surface area contributed by atoms with Crippen molar-refractivity contribution in [1.82, 2.24) is 4.98 Å². The van der Waals surface area contributed by atoms with Gasteiger partial charge in [0.15, 0.2) is 11.5 Å². The van der Waals surface area contributed by atoms with Crippen LogP contribution in [0.2, 0.25) is 0 Å². The quantitative estimate of drug-likeness (QED) is 0.753. The number of rotatable bonds is 2. The normalized spacial score (nSPS) is 11.4. The number of hydrogen-bond acceptors (Lipinski definition) is 4. The van der Waals surface area contributed by atoms with Gasteiger partial charge in [-0.25, -0.2) is 9.37 Å². The first-order chi connectivity index (χ1) is 6.69. The maximum atomic E-state index is 13.0. The van der Waals surface area contributed by atoms with Crippen molar-refractivity contribution in [2.45, 2.75) is 12.5 Å². The van der Waals surface area contributed by atoms with E-state index in [1.54, 1.807) is 6.07 Å². The van der Waals surface area contributed by atoms with Gasteiger partial charge in [0.2, 0.25) is 0 Å². The van der Waals surface area contributed by atoms with Crippen LogP contribution in [-0.4, -0.2) is 4.98 Å². The molecule has 1 rings (SSSR count). The summed E-state index contributed by atoms with van der Waals surface area (Å²) in [6.07, 6.45) is 1.40. The predicted molar refractivity (Wildman–Crippen MR) is 46.1 cm³/mol. The van der Waals surface area contributed by atoms with E-state index >= 15 is 0 Å². The molecule has 5 heteroatoms. The summed E-state index contributed by atoms with van der Waals surface area (Å²) in [5.41, 5.74) is 5.71. The Labute approximate surface area is 80.4 Å². The number of pyridine rings is 1. The molecule has 0 saturated heterocycles. The van der Waals surface area contributed by atoms with Crippen LogP contribution in [0.4, 0.5) is 4.39 Å². The van der Waals surface area contributed by atoms with Gasteiger partial charge in [-0.3, -0.25) is 0 Å². The maximum absolute atomic E-state index is 13.0. The van der Waals surface area contributed by atoms with Gasteiger partial charge in [-0.05, 0) is 11.6 Å². The van der Waals surface area contributed by atoms with Crippen LogP contribution in [0.5, 0.6) is 0 Å². The largest absolute Gasteiger partial charge is 0.323 e. The van der Waals surface area contributed by atoms with Crippen LogP contribution in [0.25, 0.3) is 0 Å². The van der Waals surface area contributed by atoms with Crippen molar-refractivity contribution in [2.75, 3.05) is 0 Å². The summed E-state index contributed by atoms with van der Waals surface area (Å²) in [5.74, 6) is -0.710. The Kier molecular flexibility index (Phi) is 3.11. The molecule has 0 aliphatic carbocycles. The highest BCUT2D eigenvalue weighted by atomic mass is 19.1. The fourth-order valence-corrected chi connectivity index (χ4v) is 0.954. The third-order valence-electron chi connectivity index (χ3n) is 1.71. The molecule has 1 atom stereocenters. The van der Waals surface area contributed by atoms with Gasteiger partial charge in [0.05, 0.1) is 12.5 Å². The lowest BCUT2D eigenvalue weighted by Gasteiger charge is -2.06. The van der Waals surface area contributed by atoms with Gasteiger partial charge >= 0.3 is 0 Å². The Morgan fingerprint density at radius 3 is 2.79 bits per heavy atom. The summed E-state index contributed by atoms with van der Waals surface area (Å²) in [4.78, 5) is 3.57. The fourth-order valence-electron chi connectivity index (χ4n) is 0.954. The summed E-state index contributed by atoms with van der Waals surface area (Å²) in [6.45, 7) is 0. The highest BCUT2D eigenvalue weighted by Gasteiger charge is 2.09. The van der Waals surface area contributed by atoms with Gasteiger partial charge in [-0.1, -0.05) is 0 Å². The molecule has 0 saturated carbocycles. The first-order valence-corrected chi connectivity index (χ1v) is 3.87. The molecule has 70 valence electrons. The second-order valence-electron chi connectivity index (χ2n) is 2.68. The third kappa shape index (κ3) is 2.03. The summed E-state index contributed by atoms with van der Waals surface area (Å²) >= 11 is 0. The maximum Gasteiger partial charge on any atom is 0.176 e. The second kappa shape index (κ2) is 4.31. The summed E-state index contributed by atoms with van der Waals surface area (Å²) < 4.78 is 13.0. The van der Waals surface area contributed by atoms with Crippen LogP contribution < -0.4 is 5.73 Å². The lowest BCUT2D eigenvalue weighted by molar-refractivity contribution is 0.607. The summed E-state index contributed by atoms with van der Waals surface area (Å²) in [6, 6.07) is 4.05. The van der Waals surface area contributed by atoms with Gasteiger partial charge in [0, 0.05) is 12.2 Å². The predicted octanol–water partition coefficient (Wildman–Crippen LogP) is 1.01. The van der Waals surface area contributed by atoms with Crippen molar-refractivity contribution in [3.8, 4) is 12.1 Å². The van der Waals surface area contributed by atoms with Crippen molar-refractivity contribution in [2.24, 2.45) is 5.73 Å². The first kappa shape index (κ1) is 10.1. The van der Waals surface area contributed by atoms with E-state index in [4.69, 9.17) is 16.3 Å². The monoisotopic (exact) mass is 190 g/mol. The standard InChI is InChI=1S/C9H7FN4/c10-7-3-6(8(13)1-2-11)5-14-9(7)4-12/h3,5,8H,1,13H2/t8-/m0/s1. The van der Waals surface area contributed by atoms with Crippen molar-refractivity contribution >= 4 is 0 Å². The third-order valence-corrected chi connectivity index (χ3v) is 1.71. The van der Waals surface area contributed by atoms with E-state index in [2.05, 4.69) is 4.98 Å². The number of hydrogen-bond donors (Lipinski definition) is 1. The van der Waals surface area contributed by atoms with Crippen molar-refractivity contribution in [1.29, 1.82) is 10.5 Å². The zero-order chi connectivity index (χ0) is 10.6. The Balaban J connectivity index is 2.99. The van der Waals surface area contributed by atoms with Crippen molar-refractivity contribution in [3.63, 3.8) is 0 Å². The minimum Gasteiger partial charge on any atom is -0.323 e. The Morgan fingerprint density at radius 2 is 2.29 bits per heavy atom. The average Bonchev–Trinajstić information content (AvgIpc) is 2.18. The molecule has 0 fully saturated rings. The highest BCUT2D eigenvalue weighted by molar-refractivity contribution is 5.27. The molecule has 0 unspecified atom stereocenters. The van der Waals surface area contributed by atoms with Gasteiger partial charge in [0.1, 0.15) is 6.07 Å². The zero-order valence-corrected chi connectivity index (χ0v) is 7.24. The minimum atomic E-state index is -0.710. The zero-order valence-electron chi connectivity index (χ0n) is 7.24. The Morgan fingerprint density at radius 1 is 1.57 bits per heavy atom.